The van der Waals surface area contributed by atoms with E-state index in [0.717, 1.165) is 35.6 Å². The molecule has 2 amide bonds. The number of nitrogens with one attached hydrogen (secondary N) is 1. The minimum Gasteiger partial charge on any atom is -0.396 e. The fourth-order valence-electron chi connectivity index (χ4n) is 3.66. The maximum absolute atomic E-state index is 13.2. The lowest BCUT2D eigenvalue weighted by Gasteiger charge is -2.32. The van der Waals surface area contributed by atoms with Crippen LogP contribution >= 0.6 is 0 Å². The SMILES string of the molecule is Nc1ccc(-c2ccc(F)cc2)nc1NC(=O)N1Cc2cnc(N3CCC3)cc2C1. The summed E-state index contributed by atoms with van der Waals surface area (Å²) in [5.74, 6) is 0.945. The second kappa shape index (κ2) is 7.29. The van der Waals surface area contributed by atoms with Crippen molar-refractivity contribution in [3.05, 3.63) is 65.6 Å². The summed E-state index contributed by atoms with van der Waals surface area (Å²) in [5, 5.41) is 2.81. The van der Waals surface area contributed by atoms with Gasteiger partial charge in [-0.3, -0.25) is 5.32 Å². The van der Waals surface area contributed by atoms with Crippen molar-refractivity contribution in [2.45, 2.75) is 19.5 Å². The van der Waals surface area contributed by atoms with E-state index in [0.29, 0.717) is 24.5 Å². The summed E-state index contributed by atoms with van der Waals surface area (Å²) >= 11 is 0. The van der Waals surface area contributed by atoms with Gasteiger partial charge in [0.15, 0.2) is 5.82 Å². The first-order valence-corrected chi connectivity index (χ1v) is 9.88. The van der Waals surface area contributed by atoms with Gasteiger partial charge >= 0.3 is 6.03 Å². The number of carbonyl (C=O) groups is 1. The normalized spacial score (nSPS) is 15.0. The fourth-order valence-corrected chi connectivity index (χ4v) is 3.66. The summed E-state index contributed by atoms with van der Waals surface area (Å²) in [5.41, 5.74) is 9.90. The van der Waals surface area contributed by atoms with Crippen molar-refractivity contribution >= 4 is 23.4 Å². The van der Waals surface area contributed by atoms with Crippen LogP contribution in [-0.4, -0.2) is 34.0 Å². The Bertz CT molecular complexity index is 1110. The molecule has 7 nitrogen and oxygen atoms in total. The van der Waals surface area contributed by atoms with Crippen LogP contribution in [0.1, 0.15) is 17.5 Å². The largest absolute Gasteiger partial charge is 0.396 e. The van der Waals surface area contributed by atoms with Crippen LogP contribution in [0.4, 0.5) is 26.5 Å². The van der Waals surface area contributed by atoms with E-state index in [1.165, 1.54) is 18.6 Å². The Balaban J connectivity index is 1.31. The van der Waals surface area contributed by atoms with E-state index in [1.54, 1.807) is 29.2 Å². The first-order chi connectivity index (χ1) is 14.6. The molecule has 0 saturated carbocycles. The summed E-state index contributed by atoms with van der Waals surface area (Å²) in [7, 11) is 0. The van der Waals surface area contributed by atoms with E-state index in [9.17, 15) is 9.18 Å². The Hall–Kier alpha value is -3.68. The number of hydrogen-bond donors (Lipinski definition) is 2. The molecule has 8 heteroatoms. The van der Waals surface area contributed by atoms with Crippen LogP contribution in [0.5, 0.6) is 0 Å². The number of anilines is 3. The van der Waals surface area contributed by atoms with Gasteiger partial charge < -0.3 is 15.5 Å². The molecule has 3 N–H and O–H groups in total. The fraction of sp³-hybridized carbons (Fsp3) is 0.227. The quantitative estimate of drug-likeness (QED) is 0.696. The minimum atomic E-state index is -0.317. The zero-order valence-electron chi connectivity index (χ0n) is 16.3. The Morgan fingerprint density at radius 3 is 2.57 bits per heavy atom. The van der Waals surface area contributed by atoms with Crippen LogP contribution in [0.15, 0.2) is 48.7 Å². The molecule has 1 saturated heterocycles. The number of benzene rings is 1. The Labute approximate surface area is 173 Å². The molecule has 1 fully saturated rings. The highest BCUT2D eigenvalue weighted by Crippen LogP contribution is 2.29. The molecule has 152 valence electrons. The zero-order chi connectivity index (χ0) is 20.7. The molecule has 0 spiro atoms. The first kappa shape index (κ1) is 18.4. The summed E-state index contributed by atoms with van der Waals surface area (Å²) in [6.07, 6.45) is 3.05. The summed E-state index contributed by atoms with van der Waals surface area (Å²) in [6, 6.07) is 11.2. The monoisotopic (exact) mass is 404 g/mol. The number of urea groups is 1. The third-order valence-electron chi connectivity index (χ3n) is 5.55. The summed E-state index contributed by atoms with van der Waals surface area (Å²) < 4.78 is 13.2. The number of fused-ring (bicyclic) bond motifs is 1. The summed E-state index contributed by atoms with van der Waals surface area (Å²) in [6.45, 7) is 3.07. The lowest BCUT2D eigenvalue weighted by atomic mass is 10.1. The van der Waals surface area contributed by atoms with Crippen molar-refractivity contribution in [2.24, 2.45) is 0 Å². The van der Waals surface area contributed by atoms with Gasteiger partial charge in [0.25, 0.3) is 0 Å². The number of amides is 2. The van der Waals surface area contributed by atoms with E-state index in [4.69, 9.17) is 5.73 Å². The molecule has 0 atom stereocenters. The average Bonchev–Trinajstić information content (AvgIpc) is 3.13. The average molecular weight is 404 g/mol. The molecular weight excluding hydrogens is 383 g/mol. The van der Waals surface area contributed by atoms with Crippen LogP contribution in [-0.2, 0) is 13.1 Å². The molecule has 0 radical (unpaired) electrons. The molecule has 0 bridgehead atoms. The molecule has 0 unspecified atom stereocenters. The number of nitrogens with zero attached hydrogens (tertiary/aromatic N) is 4. The van der Waals surface area contributed by atoms with Gasteiger partial charge in [0.1, 0.15) is 11.6 Å². The highest BCUT2D eigenvalue weighted by atomic mass is 19.1. The molecule has 2 aromatic heterocycles. The van der Waals surface area contributed by atoms with Crippen molar-refractivity contribution < 1.29 is 9.18 Å². The highest BCUT2D eigenvalue weighted by Gasteiger charge is 2.26. The minimum absolute atomic E-state index is 0.271. The second-order valence-corrected chi connectivity index (χ2v) is 7.58. The van der Waals surface area contributed by atoms with E-state index < -0.39 is 0 Å². The topological polar surface area (TPSA) is 87.4 Å². The summed E-state index contributed by atoms with van der Waals surface area (Å²) in [4.78, 5) is 25.8. The van der Waals surface area contributed by atoms with Gasteiger partial charge in [-0.05, 0) is 60.0 Å². The number of nitrogens with two attached hydrogens (primary N) is 1. The van der Waals surface area contributed by atoms with Crippen LogP contribution in [0.25, 0.3) is 11.3 Å². The Morgan fingerprint density at radius 2 is 1.83 bits per heavy atom. The lowest BCUT2D eigenvalue weighted by Crippen LogP contribution is -2.37. The number of aromatic nitrogens is 2. The predicted octanol–water partition coefficient (Wildman–Crippen LogP) is 3.62. The first-order valence-electron chi connectivity index (χ1n) is 9.88. The third-order valence-corrected chi connectivity index (χ3v) is 5.55. The molecule has 0 aliphatic carbocycles. The van der Waals surface area contributed by atoms with Crippen LogP contribution < -0.4 is 16.0 Å². The molecule has 2 aliphatic rings. The molecule has 2 aliphatic heterocycles. The number of nitrogen functional groups attached to an aromatic ring is 1. The van der Waals surface area contributed by atoms with Gasteiger partial charge in [-0.15, -0.1) is 0 Å². The maximum Gasteiger partial charge on any atom is 0.323 e. The number of pyridine rings is 2. The van der Waals surface area contributed by atoms with Crippen molar-refractivity contribution in [1.29, 1.82) is 0 Å². The molecule has 30 heavy (non-hydrogen) atoms. The van der Waals surface area contributed by atoms with Gasteiger partial charge in [0.05, 0.1) is 11.4 Å². The van der Waals surface area contributed by atoms with Crippen molar-refractivity contribution in [3.8, 4) is 11.3 Å². The number of rotatable bonds is 3. The third kappa shape index (κ3) is 3.41. The van der Waals surface area contributed by atoms with E-state index in [1.807, 2.05) is 6.20 Å². The standard InChI is InChI=1S/C22H21FN6O/c23-17-4-2-14(3-5-17)19-7-6-18(24)21(26-19)27-22(30)29-12-15-10-20(28-8-1-9-28)25-11-16(15)13-29/h2-7,10-11H,1,8-9,12-13,24H2,(H,26,27,30). The van der Waals surface area contributed by atoms with Gasteiger partial charge in [-0.1, -0.05) is 0 Å². The van der Waals surface area contributed by atoms with Crippen molar-refractivity contribution in [1.82, 2.24) is 14.9 Å². The molecule has 4 heterocycles. The van der Waals surface area contributed by atoms with Gasteiger partial charge in [-0.25, -0.2) is 19.2 Å². The molecule has 1 aromatic carbocycles. The lowest BCUT2D eigenvalue weighted by molar-refractivity contribution is 0.212. The van der Waals surface area contributed by atoms with Crippen LogP contribution in [0.3, 0.4) is 0 Å². The number of halogens is 1. The predicted molar refractivity (Wildman–Crippen MR) is 113 cm³/mol. The van der Waals surface area contributed by atoms with E-state index in [2.05, 4.69) is 26.3 Å². The van der Waals surface area contributed by atoms with Crippen molar-refractivity contribution in [3.63, 3.8) is 0 Å². The van der Waals surface area contributed by atoms with Crippen LogP contribution in [0.2, 0.25) is 0 Å². The second-order valence-electron chi connectivity index (χ2n) is 7.58. The smallest absolute Gasteiger partial charge is 0.323 e. The van der Waals surface area contributed by atoms with E-state index >= 15 is 0 Å². The van der Waals surface area contributed by atoms with Gasteiger partial charge in [0, 0.05) is 37.9 Å². The maximum atomic E-state index is 13.2. The van der Waals surface area contributed by atoms with Crippen LogP contribution in [0, 0.1) is 5.82 Å². The van der Waals surface area contributed by atoms with Crippen molar-refractivity contribution in [2.75, 3.05) is 29.0 Å². The Morgan fingerprint density at radius 1 is 1.07 bits per heavy atom. The number of hydrogen-bond acceptors (Lipinski definition) is 5. The Kier molecular flexibility index (Phi) is 4.46. The molecule has 5 rings (SSSR count). The molecular formula is C22H21FN6O. The zero-order valence-corrected chi connectivity index (χ0v) is 16.3. The number of carbonyl (C=O) groups excluding carboxylic acids is 1. The molecule has 3 aromatic rings. The highest BCUT2D eigenvalue weighted by molar-refractivity contribution is 5.92. The van der Waals surface area contributed by atoms with Gasteiger partial charge in [0.2, 0.25) is 0 Å². The van der Waals surface area contributed by atoms with Gasteiger partial charge in [-0.2, -0.15) is 0 Å². The van der Waals surface area contributed by atoms with E-state index in [-0.39, 0.29) is 17.7 Å².